The smallest absolute Gasteiger partial charge is 0.237 e. The van der Waals surface area contributed by atoms with E-state index in [0.717, 1.165) is 22.0 Å². The second kappa shape index (κ2) is 6.12. The number of carbonyl (C=O) groups is 1. The fraction of sp³-hybridized carbons (Fsp3) is 0.667. The van der Waals surface area contributed by atoms with E-state index in [2.05, 4.69) is 10.3 Å². The van der Waals surface area contributed by atoms with E-state index in [1.165, 1.54) is 0 Å². The van der Waals surface area contributed by atoms with Crippen LogP contribution in [-0.4, -0.2) is 16.9 Å². The summed E-state index contributed by atoms with van der Waals surface area (Å²) in [6, 6.07) is -0.422. The highest BCUT2D eigenvalue weighted by Gasteiger charge is 2.19. The monoisotopic (exact) mass is 255 g/mol. The van der Waals surface area contributed by atoms with Gasteiger partial charge in [0.25, 0.3) is 0 Å². The van der Waals surface area contributed by atoms with Crippen molar-refractivity contribution in [2.24, 2.45) is 11.7 Å². The Morgan fingerprint density at radius 3 is 2.65 bits per heavy atom. The highest BCUT2D eigenvalue weighted by atomic mass is 32.1. The lowest BCUT2D eigenvalue weighted by molar-refractivity contribution is -0.123. The van der Waals surface area contributed by atoms with Crippen molar-refractivity contribution in [2.45, 2.75) is 46.7 Å². The minimum atomic E-state index is -0.422. The fourth-order valence-corrected chi connectivity index (χ4v) is 2.41. The molecule has 0 fully saturated rings. The van der Waals surface area contributed by atoms with Crippen LogP contribution in [0.1, 0.15) is 35.8 Å². The van der Waals surface area contributed by atoms with Crippen LogP contribution in [0.15, 0.2) is 0 Å². The van der Waals surface area contributed by atoms with Crippen molar-refractivity contribution in [3.05, 3.63) is 15.6 Å². The third-order valence-electron chi connectivity index (χ3n) is 2.98. The van der Waals surface area contributed by atoms with Crippen LogP contribution in [0, 0.1) is 19.8 Å². The van der Waals surface area contributed by atoms with E-state index in [-0.39, 0.29) is 11.8 Å². The summed E-state index contributed by atoms with van der Waals surface area (Å²) in [6.07, 6.45) is 0.910. The third-order valence-corrected chi connectivity index (χ3v) is 4.06. The lowest BCUT2D eigenvalue weighted by atomic mass is 9.99. The summed E-state index contributed by atoms with van der Waals surface area (Å²) >= 11 is 1.62. The molecule has 0 spiro atoms. The molecule has 1 heterocycles. The van der Waals surface area contributed by atoms with Gasteiger partial charge in [0.1, 0.15) is 0 Å². The van der Waals surface area contributed by atoms with Crippen LogP contribution >= 0.6 is 11.3 Å². The molecule has 2 unspecified atom stereocenters. The Labute approximate surface area is 107 Å². The molecule has 0 radical (unpaired) electrons. The van der Waals surface area contributed by atoms with Gasteiger partial charge in [0.15, 0.2) is 0 Å². The average Bonchev–Trinajstić information content (AvgIpc) is 2.62. The van der Waals surface area contributed by atoms with E-state index in [0.29, 0.717) is 6.54 Å². The van der Waals surface area contributed by atoms with Gasteiger partial charge in [0, 0.05) is 4.88 Å². The Morgan fingerprint density at radius 2 is 2.18 bits per heavy atom. The van der Waals surface area contributed by atoms with E-state index in [4.69, 9.17) is 5.73 Å². The van der Waals surface area contributed by atoms with Crippen LogP contribution in [0.5, 0.6) is 0 Å². The van der Waals surface area contributed by atoms with E-state index >= 15 is 0 Å². The molecule has 5 heteroatoms. The lowest BCUT2D eigenvalue weighted by Crippen LogP contribution is -2.44. The molecule has 0 aliphatic carbocycles. The summed E-state index contributed by atoms with van der Waals surface area (Å²) in [5.41, 5.74) is 6.85. The van der Waals surface area contributed by atoms with Gasteiger partial charge >= 0.3 is 0 Å². The summed E-state index contributed by atoms with van der Waals surface area (Å²) in [6.45, 7) is 8.48. The first-order chi connectivity index (χ1) is 7.95. The minimum Gasteiger partial charge on any atom is -0.350 e. The molecule has 0 aromatic carbocycles. The quantitative estimate of drug-likeness (QED) is 0.842. The first-order valence-electron chi connectivity index (χ1n) is 5.91. The Hall–Kier alpha value is -0.940. The van der Waals surface area contributed by atoms with Crippen LogP contribution in [0.4, 0.5) is 0 Å². The van der Waals surface area contributed by atoms with Crippen molar-refractivity contribution in [3.8, 4) is 0 Å². The van der Waals surface area contributed by atoms with Crippen LogP contribution in [-0.2, 0) is 11.3 Å². The number of carbonyl (C=O) groups excluding carboxylic acids is 1. The number of aromatic nitrogens is 1. The second-order valence-corrected chi connectivity index (χ2v) is 5.66. The molecule has 0 aliphatic rings. The summed E-state index contributed by atoms with van der Waals surface area (Å²) in [7, 11) is 0. The number of nitrogens with one attached hydrogen (secondary N) is 1. The topological polar surface area (TPSA) is 68.0 Å². The number of hydrogen-bond acceptors (Lipinski definition) is 4. The van der Waals surface area contributed by atoms with Crippen LogP contribution in [0.3, 0.4) is 0 Å². The van der Waals surface area contributed by atoms with Gasteiger partial charge in [-0.15, -0.1) is 11.3 Å². The molecule has 3 N–H and O–H groups in total. The largest absolute Gasteiger partial charge is 0.350 e. The predicted octanol–water partition coefficient (Wildman–Crippen LogP) is 1.75. The molecule has 0 aliphatic heterocycles. The zero-order chi connectivity index (χ0) is 13.0. The summed E-state index contributed by atoms with van der Waals surface area (Å²) in [4.78, 5) is 17.2. The first-order valence-corrected chi connectivity index (χ1v) is 6.73. The fourth-order valence-electron chi connectivity index (χ4n) is 1.54. The summed E-state index contributed by atoms with van der Waals surface area (Å²) in [5.74, 6) is 0.129. The molecule has 2 atom stereocenters. The van der Waals surface area contributed by atoms with E-state index in [9.17, 15) is 4.79 Å². The number of nitrogens with two attached hydrogens (primary N) is 1. The standard InChI is InChI=1S/C12H21N3OS/c1-5-7(2)11(13)12(16)14-6-10-8(3)15-9(4)17-10/h7,11H,5-6,13H2,1-4H3,(H,14,16). The molecule has 0 bridgehead atoms. The van der Waals surface area contributed by atoms with Crippen LogP contribution in [0.2, 0.25) is 0 Å². The van der Waals surface area contributed by atoms with Gasteiger partial charge in [0.2, 0.25) is 5.91 Å². The van der Waals surface area contributed by atoms with Gasteiger partial charge in [-0.05, 0) is 19.8 Å². The normalized spacial score (nSPS) is 14.4. The predicted molar refractivity (Wildman–Crippen MR) is 70.9 cm³/mol. The van der Waals surface area contributed by atoms with E-state index < -0.39 is 6.04 Å². The number of nitrogens with zero attached hydrogens (tertiary/aromatic N) is 1. The second-order valence-electron chi connectivity index (χ2n) is 4.37. The van der Waals surface area contributed by atoms with Gasteiger partial charge in [-0.1, -0.05) is 20.3 Å². The number of hydrogen-bond donors (Lipinski definition) is 2. The van der Waals surface area contributed by atoms with E-state index in [1.807, 2.05) is 27.7 Å². The average molecular weight is 255 g/mol. The summed E-state index contributed by atoms with van der Waals surface area (Å²) in [5, 5.41) is 3.90. The zero-order valence-electron chi connectivity index (χ0n) is 10.9. The van der Waals surface area contributed by atoms with Gasteiger partial charge in [0.05, 0.1) is 23.3 Å². The molecule has 0 saturated carbocycles. The maximum atomic E-state index is 11.8. The van der Waals surface area contributed by atoms with Gasteiger partial charge in [-0.25, -0.2) is 4.98 Å². The maximum absolute atomic E-state index is 11.8. The molecule has 1 rings (SSSR count). The zero-order valence-corrected chi connectivity index (χ0v) is 11.7. The number of rotatable bonds is 5. The van der Waals surface area contributed by atoms with Gasteiger partial charge in [-0.3, -0.25) is 4.79 Å². The number of amides is 1. The minimum absolute atomic E-state index is 0.0789. The Morgan fingerprint density at radius 1 is 1.53 bits per heavy atom. The SMILES string of the molecule is CCC(C)C(N)C(=O)NCc1sc(C)nc1C. The van der Waals surface area contributed by atoms with Gasteiger partial charge in [-0.2, -0.15) is 0 Å². The molecule has 1 amide bonds. The molecule has 17 heavy (non-hydrogen) atoms. The van der Waals surface area contributed by atoms with Crippen molar-refractivity contribution in [1.29, 1.82) is 0 Å². The van der Waals surface area contributed by atoms with Crippen molar-refractivity contribution in [1.82, 2.24) is 10.3 Å². The highest BCUT2D eigenvalue weighted by molar-refractivity contribution is 7.11. The molecule has 1 aromatic rings. The van der Waals surface area contributed by atoms with Crippen molar-refractivity contribution < 1.29 is 4.79 Å². The molecule has 0 saturated heterocycles. The molecule has 1 aromatic heterocycles. The van der Waals surface area contributed by atoms with Crippen molar-refractivity contribution in [3.63, 3.8) is 0 Å². The summed E-state index contributed by atoms with van der Waals surface area (Å²) < 4.78 is 0. The molecular formula is C12H21N3OS. The Kier molecular flexibility index (Phi) is 5.08. The lowest BCUT2D eigenvalue weighted by Gasteiger charge is -2.17. The Bertz CT molecular complexity index is 389. The van der Waals surface area contributed by atoms with E-state index in [1.54, 1.807) is 11.3 Å². The molecule has 4 nitrogen and oxygen atoms in total. The molecular weight excluding hydrogens is 234 g/mol. The van der Waals surface area contributed by atoms with Crippen LogP contribution < -0.4 is 11.1 Å². The van der Waals surface area contributed by atoms with Crippen LogP contribution in [0.25, 0.3) is 0 Å². The third kappa shape index (κ3) is 3.78. The number of thiazole rings is 1. The van der Waals surface area contributed by atoms with Crippen molar-refractivity contribution in [2.75, 3.05) is 0 Å². The van der Waals surface area contributed by atoms with Crippen molar-refractivity contribution >= 4 is 17.2 Å². The molecule has 96 valence electrons. The highest BCUT2D eigenvalue weighted by Crippen LogP contribution is 2.16. The first kappa shape index (κ1) is 14.1. The Balaban J connectivity index is 2.51. The maximum Gasteiger partial charge on any atom is 0.237 e. The van der Waals surface area contributed by atoms with Gasteiger partial charge < -0.3 is 11.1 Å². The number of aryl methyl sites for hydroxylation is 2.